The van der Waals surface area contributed by atoms with Crippen molar-refractivity contribution < 1.29 is 9.53 Å². The average Bonchev–Trinajstić information content (AvgIpc) is 3.14. The van der Waals surface area contributed by atoms with E-state index in [2.05, 4.69) is 31.4 Å². The summed E-state index contributed by atoms with van der Waals surface area (Å²) in [6.07, 6.45) is 3.39. The lowest BCUT2D eigenvalue weighted by molar-refractivity contribution is 0.102. The van der Waals surface area contributed by atoms with Crippen molar-refractivity contribution in [2.75, 3.05) is 12.4 Å². The Balaban J connectivity index is 1.71. The van der Waals surface area contributed by atoms with Crippen molar-refractivity contribution in [1.82, 2.24) is 19.6 Å². The number of carbonyl (C=O) groups excluding carboxylic acids is 1. The zero-order valence-electron chi connectivity index (χ0n) is 14.2. The Kier molecular flexibility index (Phi) is 4.89. The highest BCUT2D eigenvalue weighted by Gasteiger charge is 2.18. The number of carbonyl (C=O) groups is 1. The van der Waals surface area contributed by atoms with Crippen molar-refractivity contribution in [1.29, 1.82) is 0 Å². The van der Waals surface area contributed by atoms with Gasteiger partial charge >= 0.3 is 0 Å². The van der Waals surface area contributed by atoms with Crippen molar-refractivity contribution >= 4 is 27.5 Å². The molecule has 130 valence electrons. The fourth-order valence-corrected chi connectivity index (χ4v) is 2.91. The molecular formula is C17H18BrN5O2. The monoisotopic (exact) mass is 403 g/mol. The molecule has 7 nitrogen and oxygen atoms in total. The SMILES string of the molecule is COc1cccc(Cn2cc(NC(=O)c3nn(C)c(C)c3Br)cn2)c1. The molecule has 1 aromatic carbocycles. The molecule has 0 unspecified atom stereocenters. The second kappa shape index (κ2) is 7.10. The van der Waals surface area contributed by atoms with Gasteiger partial charge in [-0.25, -0.2) is 0 Å². The number of aromatic nitrogens is 4. The minimum absolute atomic E-state index is 0.281. The van der Waals surface area contributed by atoms with E-state index in [1.54, 1.807) is 35.9 Å². The van der Waals surface area contributed by atoms with E-state index in [0.717, 1.165) is 17.0 Å². The molecule has 0 radical (unpaired) electrons. The normalized spacial score (nSPS) is 10.7. The van der Waals surface area contributed by atoms with E-state index in [-0.39, 0.29) is 5.91 Å². The van der Waals surface area contributed by atoms with Crippen LogP contribution in [0.25, 0.3) is 0 Å². The lowest BCUT2D eigenvalue weighted by Crippen LogP contribution is -2.13. The summed E-state index contributed by atoms with van der Waals surface area (Å²) in [5.41, 5.74) is 2.91. The van der Waals surface area contributed by atoms with Crippen LogP contribution in [-0.2, 0) is 13.6 Å². The first-order chi connectivity index (χ1) is 12.0. The first-order valence-electron chi connectivity index (χ1n) is 7.63. The van der Waals surface area contributed by atoms with E-state index in [0.29, 0.717) is 22.4 Å². The first kappa shape index (κ1) is 17.2. The summed E-state index contributed by atoms with van der Waals surface area (Å²) in [6, 6.07) is 7.77. The van der Waals surface area contributed by atoms with Crippen LogP contribution in [0.15, 0.2) is 41.1 Å². The number of hydrogen-bond donors (Lipinski definition) is 1. The summed E-state index contributed by atoms with van der Waals surface area (Å²) >= 11 is 3.40. The molecule has 2 aromatic heterocycles. The number of hydrogen-bond acceptors (Lipinski definition) is 4. The smallest absolute Gasteiger partial charge is 0.277 e. The van der Waals surface area contributed by atoms with Gasteiger partial charge in [0.05, 0.1) is 35.7 Å². The number of benzene rings is 1. The van der Waals surface area contributed by atoms with Gasteiger partial charge < -0.3 is 10.1 Å². The molecule has 1 N–H and O–H groups in total. The summed E-state index contributed by atoms with van der Waals surface area (Å²) in [5, 5.41) is 11.3. The van der Waals surface area contributed by atoms with Crippen LogP contribution < -0.4 is 10.1 Å². The van der Waals surface area contributed by atoms with Crippen LogP contribution >= 0.6 is 15.9 Å². The predicted molar refractivity (Wildman–Crippen MR) is 97.9 cm³/mol. The number of nitrogens with zero attached hydrogens (tertiary/aromatic N) is 4. The zero-order chi connectivity index (χ0) is 18.0. The van der Waals surface area contributed by atoms with Crippen LogP contribution in [0.2, 0.25) is 0 Å². The number of rotatable bonds is 5. The van der Waals surface area contributed by atoms with Gasteiger partial charge in [0.15, 0.2) is 5.69 Å². The molecule has 0 spiro atoms. The second-order valence-corrected chi connectivity index (χ2v) is 6.40. The maximum atomic E-state index is 12.4. The molecule has 8 heteroatoms. The molecule has 0 saturated heterocycles. The number of nitrogens with one attached hydrogen (secondary N) is 1. The van der Waals surface area contributed by atoms with Crippen molar-refractivity contribution in [3.05, 3.63) is 58.1 Å². The van der Waals surface area contributed by atoms with Gasteiger partial charge in [-0.15, -0.1) is 0 Å². The molecule has 0 fully saturated rings. The van der Waals surface area contributed by atoms with Crippen molar-refractivity contribution in [2.45, 2.75) is 13.5 Å². The number of methoxy groups -OCH3 is 1. The molecule has 25 heavy (non-hydrogen) atoms. The number of halogens is 1. The summed E-state index contributed by atoms with van der Waals surface area (Å²) in [5.74, 6) is 0.519. The highest BCUT2D eigenvalue weighted by atomic mass is 79.9. The van der Waals surface area contributed by atoms with Crippen LogP contribution in [0.3, 0.4) is 0 Å². The lowest BCUT2D eigenvalue weighted by atomic mass is 10.2. The average molecular weight is 404 g/mol. The number of aryl methyl sites for hydroxylation is 1. The Morgan fingerprint density at radius 2 is 2.20 bits per heavy atom. The fourth-order valence-electron chi connectivity index (χ4n) is 2.39. The molecule has 0 saturated carbocycles. The summed E-state index contributed by atoms with van der Waals surface area (Å²) in [4.78, 5) is 12.4. The molecule has 2 heterocycles. The molecule has 0 bridgehead atoms. The largest absolute Gasteiger partial charge is 0.497 e. The van der Waals surface area contributed by atoms with Crippen molar-refractivity contribution in [3.8, 4) is 5.75 Å². The van der Waals surface area contributed by atoms with Gasteiger partial charge in [0.25, 0.3) is 5.91 Å². The van der Waals surface area contributed by atoms with E-state index < -0.39 is 0 Å². The highest BCUT2D eigenvalue weighted by molar-refractivity contribution is 9.10. The maximum absolute atomic E-state index is 12.4. The highest BCUT2D eigenvalue weighted by Crippen LogP contribution is 2.21. The Morgan fingerprint density at radius 3 is 2.88 bits per heavy atom. The van der Waals surface area contributed by atoms with Crippen LogP contribution in [0.1, 0.15) is 21.7 Å². The zero-order valence-corrected chi connectivity index (χ0v) is 15.7. The van der Waals surface area contributed by atoms with Crippen molar-refractivity contribution in [2.24, 2.45) is 7.05 Å². The summed E-state index contributed by atoms with van der Waals surface area (Å²) < 4.78 is 9.32. The van der Waals surface area contributed by atoms with Crippen LogP contribution in [0.5, 0.6) is 5.75 Å². The van der Waals surface area contributed by atoms with Crippen LogP contribution in [0.4, 0.5) is 5.69 Å². The van der Waals surface area contributed by atoms with E-state index >= 15 is 0 Å². The molecule has 0 aliphatic rings. The molecule has 1 amide bonds. The molecule has 0 atom stereocenters. The molecule has 3 rings (SSSR count). The van der Waals surface area contributed by atoms with Gasteiger partial charge in [-0.05, 0) is 40.5 Å². The van der Waals surface area contributed by atoms with Gasteiger partial charge in [-0.2, -0.15) is 10.2 Å². The number of ether oxygens (including phenoxy) is 1. The van der Waals surface area contributed by atoms with Gasteiger partial charge in [0, 0.05) is 13.2 Å². The topological polar surface area (TPSA) is 74.0 Å². The molecule has 3 aromatic rings. The van der Waals surface area contributed by atoms with Gasteiger partial charge in [-0.3, -0.25) is 14.2 Å². The molecule has 0 aliphatic carbocycles. The van der Waals surface area contributed by atoms with Gasteiger partial charge in [0.2, 0.25) is 0 Å². The van der Waals surface area contributed by atoms with E-state index in [1.165, 1.54) is 0 Å². The molecular weight excluding hydrogens is 386 g/mol. The van der Waals surface area contributed by atoms with Crippen LogP contribution in [-0.4, -0.2) is 32.6 Å². The standard InChI is InChI=1S/C17H18BrN5O2/c1-11-15(18)16(21-22(11)2)17(24)20-13-8-19-23(10-13)9-12-5-4-6-14(7-12)25-3/h4-8,10H,9H2,1-3H3,(H,20,24). The van der Waals surface area contributed by atoms with Gasteiger partial charge in [-0.1, -0.05) is 12.1 Å². The van der Waals surface area contributed by atoms with Gasteiger partial charge in [0.1, 0.15) is 5.75 Å². The third-order valence-electron chi connectivity index (χ3n) is 3.85. The van der Waals surface area contributed by atoms with E-state index in [1.807, 2.05) is 31.2 Å². The maximum Gasteiger partial charge on any atom is 0.277 e. The third-order valence-corrected chi connectivity index (χ3v) is 4.80. The van der Waals surface area contributed by atoms with Crippen LogP contribution in [0, 0.1) is 6.92 Å². The van der Waals surface area contributed by atoms with E-state index in [4.69, 9.17) is 4.74 Å². The fraction of sp³-hybridized carbons (Fsp3) is 0.235. The predicted octanol–water partition coefficient (Wildman–Crippen LogP) is 3.00. The number of anilines is 1. The third kappa shape index (κ3) is 3.74. The van der Waals surface area contributed by atoms with E-state index in [9.17, 15) is 4.79 Å². The Bertz CT molecular complexity index is 916. The molecule has 0 aliphatic heterocycles. The Morgan fingerprint density at radius 1 is 1.40 bits per heavy atom. The Hall–Kier alpha value is -2.61. The quantitative estimate of drug-likeness (QED) is 0.710. The minimum Gasteiger partial charge on any atom is -0.497 e. The summed E-state index contributed by atoms with van der Waals surface area (Å²) in [6.45, 7) is 2.47. The Labute approximate surface area is 153 Å². The number of amides is 1. The second-order valence-electron chi connectivity index (χ2n) is 5.60. The first-order valence-corrected chi connectivity index (χ1v) is 8.43. The van der Waals surface area contributed by atoms with Crippen molar-refractivity contribution in [3.63, 3.8) is 0 Å². The lowest BCUT2D eigenvalue weighted by Gasteiger charge is -2.04. The minimum atomic E-state index is -0.281. The summed E-state index contributed by atoms with van der Waals surface area (Å²) in [7, 11) is 3.43.